The maximum absolute atomic E-state index is 7.14. The van der Waals surface area contributed by atoms with E-state index >= 15 is 0 Å². The highest BCUT2D eigenvalue weighted by atomic mass is 16.5. The fourth-order valence-corrected chi connectivity index (χ4v) is 10.8. The highest BCUT2D eigenvalue weighted by Gasteiger charge is 2.31. The van der Waals surface area contributed by atoms with Gasteiger partial charge in [-0.2, -0.15) is 0 Å². The lowest BCUT2D eigenvalue weighted by molar-refractivity contribution is 0.479. The number of para-hydroxylation sites is 2. The number of hydrogen-bond acceptors (Lipinski definition) is 4. The number of benzene rings is 7. The number of pyridine rings is 1. The van der Waals surface area contributed by atoms with E-state index in [-0.39, 0.29) is 16.2 Å². The second kappa shape index (κ2) is 19.0. The summed E-state index contributed by atoms with van der Waals surface area (Å²) in [7, 11) is 0. The van der Waals surface area contributed by atoms with Crippen LogP contribution in [-0.4, -0.2) is 16.2 Å². The summed E-state index contributed by atoms with van der Waals surface area (Å²) in [4.78, 5) is 10.1. The molecule has 0 bridgehead atoms. The van der Waals surface area contributed by atoms with E-state index in [1.54, 1.807) is 0 Å². The van der Waals surface area contributed by atoms with E-state index in [0.717, 1.165) is 39.4 Å². The smallest absolute Gasteiger partial charge is 0.138 e. The van der Waals surface area contributed by atoms with Crippen molar-refractivity contribution in [2.75, 3.05) is 16.5 Å². The van der Waals surface area contributed by atoms with Crippen molar-refractivity contribution in [2.24, 2.45) is 0 Å². The number of fused-ring (bicyclic) bond motifs is 4. The Morgan fingerprint density at radius 3 is 1.58 bits per heavy atom. The standard InChI is InChI=1S/C69H76N4O/c1-43(2)48-33-59(44(3)4)66(60(34-48)45(5)6)47-29-30-70-65(35-47)73-63-39-50(67(7,8)9)25-27-57(63)58-28-26-55(41-64(58)73)74-56-38-52(69(13,14)15)37-54(40-56)72-42-71(61-23-19-20-24-62(61)72)53-32-49(46-21-17-16-18-22-46)31-51(36-53)68(10,11)12/h16-41,43-45H,42H2,1-15H3. The number of nitrogens with zero attached hydrogens (tertiary/aromatic N) is 4. The SMILES string of the molecule is CC(C)c1cc(C(C)C)c(-c2ccnc(-n3c4cc(Oc5cc(N6CN(c7cc(-c8ccccc8)cc(C(C)(C)C)c7)c7ccccc76)cc(C(C)(C)C)c5)ccc4c4ccc(C(C)(C)C)cc43)c2)c(C(C)C)c1. The first-order valence-electron chi connectivity index (χ1n) is 27.0. The molecule has 2 aromatic heterocycles. The van der Waals surface area contributed by atoms with Crippen molar-refractivity contribution in [3.05, 3.63) is 191 Å². The van der Waals surface area contributed by atoms with Gasteiger partial charge in [-0.1, -0.05) is 177 Å². The Balaban J connectivity index is 1.09. The maximum atomic E-state index is 7.14. The average molecular weight is 977 g/mol. The molecule has 0 fully saturated rings. The molecular weight excluding hydrogens is 901 g/mol. The summed E-state index contributed by atoms with van der Waals surface area (Å²) in [5, 5.41) is 2.35. The summed E-state index contributed by atoms with van der Waals surface area (Å²) in [5.41, 5.74) is 19.5. The second-order valence-corrected chi connectivity index (χ2v) is 24.9. The first-order valence-corrected chi connectivity index (χ1v) is 27.0. The van der Waals surface area contributed by atoms with Crippen LogP contribution in [-0.2, 0) is 16.2 Å². The van der Waals surface area contributed by atoms with Gasteiger partial charge in [0.05, 0.1) is 22.4 Å². The van der Waals surface area contributed by atoms with Gasteiger partial charge in [0.15, 0.2) is 0 Å². The van der Waals surface area contributed by atoms with Crippen LogP contribution in [0.15, 0.2) is 158 Å². The molecule has 5 heteroatoms. The first kappa shape index (κ1) is 50.4. The Hall–Kier alpha value is -7.11. The Morgan fingerprint density at radius 1 is 0.446 bits per heavy atom. The average Bonchev–Trinajstić information content (AvgIpc) is 3.92. The molecule has 10 rings (SSSR count). The lowest BCUT2D eigenvalue weighted by Crippen LogP contribution is -2.25. The molecule has 0 saturated heterocycles. The van der Waals surface area contributed by atoms with Crippen molar-refractivity contribution in [2.45, 2.75) is 138 Å². The van der Waals surface area contributed by atoms with Crippen LogP contribution in [0.25, 0.3) is 49.9 Å². The minimum atomic E-state index is -0.142. The molecule has 5 nitrogen and oxygen atoms in total. The molecule has 7 aromatic carbocycles. The van der Waals surface area contributed by atoms with Crippen molar-refractivity contribution < 1.29 is 4.74 Å². The Bertz CT molecular complexity index is 3530. The van der Waals surface area contributed by atoms with Gasteiger partial charge in [-0.25, -0.2) is 4.98 Å². The van der Waals surface area contributed by atoms with Gasteiger partial charge >= 0.3 is 0 Å². The number of aromatic nitrogens is 2. The Labute approximate surface area is 441 Å². The quantitative estimate of drug-likeness (QED) is 0.137. The summed E-state index contributed by atoms with van der Waals surface area (Å²) in [6.45, 7) is 35.2. The molecular formula is C69H76N4O. The van der Waals surface area contributed by atoms with Gasteiger partial charge in [-0.05, 0) is 156 Å². The zero-order chi connectivity index (χ0) is 52.6. The van der Waals surface area contributed by atoms with E-state index in [4.69, 9.17) is 9.72 Å². The molecule has 378 valence electrons. The van der Waals surface area contributed by atoms with Gasteiger partial charge in [0.25, 0.3) is 0 Å². The van der Waals surface area contributed by atoms with Gasteiger partial charge in [0, 0.05) is 40.5 Å². The topological polar surface area (TPSA) is 33.5 Å². The number of hydrogen-bond donors (Lipinski definition) is 0. The maximum Gasteiger partial charge on any atom is 0.138 e. The number of rotatable bonds is 10. The summed E-state index contributed by atoms with van der Waals surface area (Å²) in [6.07, 6.45) is 2.00. The van der Waals surface area contributed by atoms with Gasteiger partial charge in [-0.3, -0.25) is 4.57 Å². The van der Waals surface area contributed by atoms with E-state index in [9.17, 15) is 0 Å². The molecule has 0 aliphatic carbocycles. The van der Waals surface area contributed by atoms with Crippen LogP contribution in [0.4, 0.5) is 22.7 Å². The summed E-state index contributed by atoms with van der Waals surface area (Å²) < 4.78 is 9.51. The van der Waals surface area contributed by atoms with Gasteiger partial charge in [0.1, 0.15) is 24.0 Å². The van der Waals surface area contributed by atoms with E-state index < -0.39 is 0 Å². The lowest BCUT2D eigenvalue weighted by Gasteiger charge is -2.27. The molecule has 0 spiro atoms. The highest BCUT2D eigenvalue weighted by molar-refractivity contribution is 6.10. The molecule has 0 N–H and O–H groups in total. The van der Waals surface area contributed by atoms with Crippen molar-refractivity contribution >= 4 is 44.6 Å². The van der Waals surface area contributed by atoms with Crippen molar-refractivity contribution in [1.29, 1.82) is 0 Å². The Kier molecular flexibility index (Phi) is 12.9. The minimum Gasteiger partial charge on any atom is -0.457 e. The van der Waals surface area contributed by atoms with Gasteiger partial charge < -0.3 is 14.5 Å². The van der Waals surface area contributed by atoms with Crippen LogP contribution in [0.1, 0.15) is 155 Å². The van der Waals surface area contributed by atoms with E-state index in [1.165, 1.54) is 78.1 Å². The van der Waals surface area contributed by atoms with Crippen LogP contribution in [0, 0.1) is 0 Å². The summed E-state index contributed by atoms with van der Waals surface area (Å²) in [5.74, 6) is 3.62. The molecule has 0 saturated carbocycles. The van der Waals surface area contributed by atoms with Crippen LogP contribution < -0.4 is 14.5 Å². The van der Waals surface area contributed by atoms with Gasteiger partial charge in [0.2, 0.25) is 0 Å². The summed E-state index contributed by atoms with van der Waals surface area (Å²) in [6, 6.07) is 56.5. The number of ether oxygens (including phenoxy) is 1. The van der Waals surface area contributed by atoms with E-state index in [1.807, 2.05) is 6.20 Å². The molecule has 74 heavy (non-hydrogen) atoms. The van der Waals surface area contributed by atoms with E-state index in [2.05, 4.69) is 270 Å². The molecule has 0 unspecified atom stereocenters. The first-order chi connectivity index (χ1) is 35.0. The predicted molar refractivity (Wildman–Crippen MR) is 316 cm³/mol. The zero-order valence-corrected chi connectivity index (χ0v) is 46.6. The minimum absolute atomic E-state index is 0.0336. The van der Waals surface area contributed by atoms with Crippen molar-refractivity contribution in [3.63, 3.8) is 0 Å². The molecule has 9 aromatic rings. The van der Waals surface area contributed by atoms with Crippen LogP contribution in [0.3, 0.4) is 0 Å². The molecule has 3 heterocycles. The third kappa shape index (κ3) is 9.63. The molecule has 1 aliphatic rings. The Morgan fingerprint density at radius 2 is 1.00 bits per heavy atom. The molecule has 1 aliphatic heterocycles. The van der Waals surface area contributed by atoms with Gasteiger partial charge in [-0.15, -0.1) is 0 Å². The normalized spacial score (nSPS) is 13.3. The fraction of sp³-hybridized carbons (Fsp3) is 0.319. The second-order valence-electron chi connectivity index (χ2n) is 24.9. The monoisotopic (exact) mass is 977 g/mol. The number of anilines is 4. The largest absolute Gasteiger partial charge is 0.457 e. The zero-order valence-electron chi connectivity index (χ0n) is 46.6. The molecule has 0 radical (unpaired) electrons. The van der Waals surface area contributed by atoms with Crippen LogP contribution >= 0.6 is 0 Å². The van der Waals surface area contributed by atoms with Crippen molar-refractivity contribution in [1.82, 2.24) is 9.55 Å². The fourth-order valence-electron chi connectivity index (χ4n) is 10.8. The van der Waals surface area contributed by atoms with E-state index in [0.29, 0.717) is 24.4 Å². The predicted octanol–water partition coefficient (Wildman–Crippen LogP) is 19.8. The third-order valence-electron chi connectivity index (χ3n) is 15.3. The van der Waals surface area contributed by atoms with Crippen LogP contribution in [0.2, 0.25) is 0 Å². The third-order valence-corrected chi connectivity index (χ3v) is 15.3. The molecule has 0 atom stereocenters. The van der Waals surface area contributed by atoms with Crippen molar-refractivity contribution in [3.8, 4) is 39.6 Å². The lowest BCUT2D eigenvalue weighted by atomic mass is 9.82. The summed E-state index contributed by atoms with van der Waals surface area (Å²) >= 11 is 0. The van der Waals surface area contributed by atoms with Crippen LogP contribution in [0.5, 0.6) is 11.5 Å². The molecule has 0 amide bonds. The highest BCUT2D eigenvalue weighted by Crippen LogP contribution is 2.48.